The first-order chi connectivity index (χ1) is 13.5. The van der Waals surface area contributed by atoms with Gasteiger partial charge in [0.15, 0.2) is 11.1 Å². The molecule has 0 radical (unpaired) electrons. The van der Waals surface area contributed by atoms with E-state index in [1.807, 2.05) is 25.1 Å². The fourth-order valence-corrected chi connectivity index (χ4v) is 3.18. The van der Waals surface area contributed by atoms with Gasteiger partial charge >= 0.3 is 0 Å². The van der Waals surface area contributed by atoms with Gasteiger partial charge in [0.05, 0.1) is 25.4 Å². The molecule has 2 aromatic rings. The van der Waals surface area contributed by atoms with Gasteiger partial charge in [-0.3, -0.25) is 0 Å². The van der Waals surface area contributed by atoms with Crippen LogP contribution in [0.25, 0.3) is 0 Å². The highest BCUT2D eigenvalue weighted by atomic mass is 32.1. The van der Waals surface area contributed by atoms with E-state index in [0.29, 0.717) is 26.3 Å². The van der Waals surface area contributed by atoms with Gasteiger partial charge in [0.2, 0.25) is 0 Å². The van der Waals surface area contributed by atoms with Crippen LogP contribution in [-0.4, -0.2) is 51.9 Å². The average molecular weight is 406 g/mol. The molecule has 2 N–H and O–H groups in total. The molecule has 0 saturated carbocycles. The number of aromatic nitrogens is 1. The van der Waals surface area contributed by atoms with Gasteiger partial charge in [-0.2, -0.15) is 0 Å². The summed E-state index contributed by atoms with van der Waals surface area (Å²) < 4.78 is 10.9. The molecule has 0 saturated heterocycles. The van der Waals surface area contributed by atoms with E-state index < -0.39 is 0 Å². The fourth-order valence-electron chi connectivity index (χ4n) is 2.42. The lowest BCUT2D eigenvalue weighted by Crippen LogP contribution is -2.36. The number of methoxy groups -OCH3 is 1. The highest BCUT2D eigenvalue weighted by molar-refractivity contribution is 7.13. The van der Waals surface area contributed by atoms with Crippen LogP contribution >= 0.6 is 11.3 Å². The van der Waals surface area contributed by atoms with E-state index in [0.717, 1.165) is 40.2 Å². The van der Waals surface area contributed by atoms with E-state index in [-0.39, 0.29) is 0 Å². The van der Waals surface area contributed by atoms with Gasteiger partial charge in [-0.1, -0.05) is 12.1 Å². The summed E-state index contributed by atoms with van der Waals surface area (Å²) in [5.74, 6) is 1.61. The Kier molecular flexibility index (Phi) is 9.03. The largest absolute Gasteiger partial charge is 0.491 e. The number of rotatable bonds is 10. The predicted octanol–water partition coefficient (Wildman–Crippen LogP) is 2.80. The Morgan fingerprint density at radius 1 is 1.25 bits per heavy atom. The molecule has 0 aliphatic heterocycles. The first-order valence-electron chi connectivity index (χ1n) is 9.38. The number of nitrogens with zero attached hydrogens (tertiary/aromatic N) is 3. The van der Waals surface area contributed by atoms with Crippen molar-refractivity contribution in [1.82, 2.24) is 15.6 Å². The molecule has 1 aromatic carbocycles. The monoisotopic (exact) mass is 405 g/mol. The molecule has 1 heterocycles. The zero-order valence-corrected chi connectivity index (χ0v) is 18.2. The van der Waals surface area contributed by atoms with Gasteiger partial charge in [0, 0.05) is 38.7 Å². The van der Waals surface area contributed by atoms with Crippen LogP contribution in [0.5, 0.6) is 5.75 Å². The summed E-state index contributed by atoms with van der Waals surface area (Å²) in [6.45, 7) is 7.12. The maximum Gasteiger partial charge on any atom is 0.191 e. The third-order valence-electron chi connectivity index (χ3n) is 3.88. The van der Waals surface area contributed by atoms with E-state index in [2.05, 4.69) is 47.0 Å². The van der Waals surface area contributed by atoms with Crippen molar-refractivity contribution in [3.8, 4) is 5.75 Å². The van der Waals surface area contributed by atoms with Gasteiger partial charge in [0.1, 0.15) is 12.4 Å². The van der Waals surface area contributed by atoms with Crippen LogP contribution in [0.15, 0.2) is 28.6 Å². The summed E-state index contributed by atoms with van der Waals surface area (Å²) in [5.41, 5.74) is 3.20. The quantitative estimate of drug-likeness (QED) is 0.360. The molecule has 0 aliphatic carbocycles. The first-order valence-corrected chi connectivity index (χ1v) is 10.3. The van der Waals surface area contributed by atoms with Crippen molar-refractivity contribution in [2.45, 2.75) is 26.9 Å². The van der Waals surface area contributed by atoms with Crippen LogP contribution in [0.3, 0.4) is 0 Å². The summed E-state index contributed by atoms with van der Waals surface area (Å²) in [7, 11) is 5.66. The van der Waals surface area contributed by atoms with Gasteiger partial charge < -0.3 is 25.0 Å². The van der Waals surface area contributed by atoms with Crippen LogP contribution in [0.4, 0.5) is 5.13 Å². The Balaban J connectivity index is 2.02. The SMILES string of the molecule is CCNC(=NCc1ccc(C)cc1OCCOC)NCc1csc(N(C)C)n1. The maximum atomic E-state index is 5.86. The standard InChI is InChI=1S/C20H31N5O2S/c1-6-21-19(23-13-17-14-28-20(24-17)25(3)4)22-12-16-8-7-15(2)11-18(16)27-10-9-26-5/h7-8,11,14H,6,9-10,12-13H2,1-5H3,(H2,21,22,23). The highest BCUT2D eigenvalue weighted by Gasteiger charge is 2.07. The zero-order valence-electron chi connectivity index (χ0n) is 17.4. The fraction of sp³-hybridized carbons (Fsp3) is 0.500. The summed E-state index contributed by atoms with van der Waals surface area (Å²) in [5, 5.41) is 9.69. The lowest BCUT2D eigenvalue weighted by atomic mass is 10.1. The van der Waals surface area contributed by atoms with Crippen molar-refractivity contribution in [3.63, 3.8) is 0 Å². The van der Waals surface area contributed by atoms with Crippen LogP contribution in [0, 0.1) is 6.92 Å². The number of ether oxygens (including phenoxy) is 2. The van der Waals surface area contributed by atoms with Crippen LogP contribution in [0.2, 0.25) is 0 Å². The number of hydrogen-bond acceptors (Lipinski definition) is 6. The maximum absolute atomic E-state index is 5.86. The Morgan fingerprint density at radius 3 is 2.75 bits per heavy atom. The number of nitrogens with one attached hydrogen (secondary N) is 2. The smallest absolute Gasteiger partial charge is 0.191 e. The summed E-state index contributed by atoms with van der Waals surface area (Å²) >= 11 is 1.63. The Morgan fingerprint density at radius 2 is 2.07 bits per heavy atom. The minimum atomic E-state index is 0.521. The number of guanidine groups is 1. The number of benzene rings is 1. The van der Waals surface area contributed by atoms with E-state index in [1.54, 1.807) is 18.4 Å². The van der Waals surface area contributed by atoms with Crippen LogP contribution in [-0.2, 0) is 17.8 Å². The molecule has 0 bridgehead atoms. The summed E-state index contributed by atoms with van der Waals surface area (Å²) in [6, 6.07) is 6.18. The van der Waals surface area contributed by atoms with Gasteiger partial charge in [0.25, 0.3) is 0 Å². The third-order valence-corrected chi connectivity index (χ3v) is 4.94. The van der Waals surface area contributed by atoms with E-state index in [9.17, 15) is 0 Å². The van der Waals surface area contributed by atoms with Crippen LogP contribution < -0.4 is 20.3 Å². The molecule has 1 aromatic heterocycles. The summed E-state index contributed by atoms with van der Waals surface area (Å²) in [6.07, 6.45) is 0. The van der Waals surface area contributed by atoms with Crippen molar-refractivity contribution in [1.29, 1.82) is 0 Å². The molecule has 0 aliphatic rings. The highest BCUT2D eigenvalue weighted by Crippen LogP contribution is 2.21. The van der Waals surface area contributed by atoms with E-state index >= 15 is 0 Å². The molecular formula is C20H31N5O2S. The van der Waals surface area contributed by atoms with E-state index in [4.69, 9.17) is 14.5 Å². The minimum absolute atomic E-state index is 0.521. The van der Waals surface area contributed by atoms with Crippen LogP contribution in [0.1, 0.15) is 23.7 Å². The van der Waals surface area contributed by atoms with Crippen molar-refractivity contribution >= 4 is 22.4 Å². The number of aliphatic imine (C=N–C) groups is 1. The topological polar surface area (TPSA) is 71.0 Å². The van der Waals surface area contributed by atoms with Crippen molar-refractivity contribution in [3.05, 3.63) is 40.4 Å². The molecule has 28 heavy (non-hydrogen) atoms. The molecule has 0 amide bonds. The number of anilines is 1. The van der Waals surface area contributed by atoms with Gasteiger partial charge in [-0.05, 0) is 25.5 Å². The van der Waals surface area contributed by atoms with Gasteiger partial charge in [-0.15, -0.1) is 11.3 Å². The van der Waals surface area contributed by atoms with Crippen molar-refractivity contribution in [2.75, 3.05) is 45.9 Å². The Hall–Kier alpha value is -2.32. The second-order valence-corrected chi connectivity index (χ2v) is 7.35. The number of hydrogen-bond donors (Lipinski definition) is 2. The summed E-state index contributed by atoms with van der Waals surface area (Å²) in [4.78, 5) is 11.3. The molecule has 154 valence electrons. The molecule has 0 unspecified atom stereocenters. The Labute approximate surface area is 171 Å². The predicted molar refractivity (Wildman–Crippen MR) is 117 cm³/mol. The molecule has 0 fully saturated rings. The lowest BCUT2D eigenvalue weighted by molar-refractivity contribution is 0.145. The third kappa shape index (κ3) is 7.01. The normalized spacial score (nSPS) is 11.4. The molecule has 8 heteroatoms. The molecule has 0 spiro atoms. The van der Waals surface area contributed by atoms with Crippen molar-refractivity contribution in [2.24, 2.45) is 4.99 Å². The number of aryl methyl sites for hydroxylation is 1. The second-order valence-electron chi connectivity index (χ2n) is 6.52. The first kappa shape index (κ1) is 22.0. The number of thiazole rings is 1. The van der Waals surface area contributed by atoms with Gasteiger partial charge in [-0.25, -0.2) is 9.98 Å². The molecule has 7 nitrogen and oxygen atoms in total. The van der Waals surface area contributed by atoms with Crippen molar-refractivity contribution < 1.29 is 9.47 Å². The lowest BCUT2D eigenvalue weighted by Gasteiger charge is -2.13. The average Bonchev–Trinajstić information content (AvgIpc) is 3.15. The molecule has 0 atom stereocenters. The second kappa shape index (κ2) is 11.5. The van der Waals surface area contributed by atoms with E-state index in [1.165, 1.54) is 0 Å². The zero-order chi connectivity index (χ0) is 20.4. The Bertz CT molecular complexity index is 761. The molecule has 2 rings (SSSR count). The molecular weight excluding hydrogens is 374 g/mol. The minimum Gasteiger partial charge on any atom is -0.491 e.